The van der Waals surface area contributed by atoms with Crippen LogP contribution in [0.1, 0.15) is 12.8 Å². The first-order chi connectivity index (χ1) is 4.77. The normalized spacial score (nSPS) is 9.20. The Balaban J connectivity index is 2.90. The molecule has 0 aromatic rings. The summed E-state index contributed by atoms with van der Waals surface area (Å²) in [6.07, 6.45) is 3.63. The molecule has 2 N–H and O–H groups in total. The van der Waals surface area contributed by atoms with Crippen LogP contribution in [-0.2, 0) is 9.53 Å². The van der Waals surface area contributed by atoms with Crippen LogP contribution in [0.5, 0.6) is 0 Å². The summed E-state index contributed by atoms with van der Waals surface area (Å²) in [5.74, 6) is -0.418. The van der Waals surface area contributed by atoms with Crippen molar-refractivity contribution < 1.29 is 9.53 Å². The van der Waals surface area contributed by atoms with Crippen LogP contribution in [0.2, 0.25) is 0 Å². The molecule has 1 amide bonds. The summed E-state index contributed by atoms with van der Waals surface area (Å²) in [6, 6.07) is 0. The molecule has 10 heavy (non-hydrogen) atoms. The van der Waals surface area contributed by atoms with Crippen LogP contribution < -0.4 is 5.73 Å². The van der Waals surface area contributed by atoms with Gasteiger partial charge in [-0.1, -0.05) is 6.08 Å². The number of primary amides is 1. The number of ether oxygens (including phenoxy) is 1. The largest absolute Gasteiger partial charge is 0.372 e. The van der Waals surface area contributed by atoms with Gasteiger partial charge in [0, 0.05) is 6.61 Å². The molecule has 58 valence electrons. The molecule has 0 fully saturated rings. The van der Waals surface area contributed by atoms with E-state index in [0.717, 1.165) is 12.8 Å². The molecule has 0 saturated heterocycles. The van der Waals surface area contributed by atoms with E-state index in [1.165, 1.54) is 0 Å². The number of hydrogen-bond donors (Lipinski definition) is 1. The number of rotatable bonds is 6. The quantitative estimate of drug-likeness (QED) is 0.433. The van der Waals surface area contributed by atoms with Crippen molar-refractivity contribution in [1.29, 1.82) is 0 Å². The Bertz CT molecular complexity index is 112. The van der Waals surface area contributed by atoms with Crippen LogP contribution in [0.15, 0.2) is 12.7 Å². The lowest BCUT2D eigenvalue weighted by Gasteiger charge is -1.97. The van der Waals surface area contributed by atoms with Gasteiger partial charge in [-0.15, -0.1) is 6.58 Å². The average molecular weight is 143 g/mol. The molecule has 0 saturated carbocycles. The van der Waals surface area contributed by atoms with Crippen molar-refractivity contribution >= 4 is 5.91 Å². The number of amides is 1. The Morgan fingerprint density at radius 2 is 2.40 bits per heavy atom. The molecule has 0 unspecified atom stereocenters. The Labute approximate surface area is 60.9 Å². The molecule has 0 spiro atoms. The van der Waals surface area contributed by atoms with Gasteiger partial charge in [-0.2, -0.15) is 0 Å². The first-order valence-electron chi connectivity index (χ1n) is 3.24. The van der Waals surface area contributed by atoms with Crippen molar-refractivity contribution in [3.8, 4) is 0 Å². The van der Waals surface area contributed by atoms with E-state index in [9.17, 15) is 4.79 Å². The summed E-state index contributed by atoms with van der Waals surface area (Å²) in [6.45, 7) is 4.15. The molecule has 3 heteroatoms. The van der Waals surface area contributed by atoms with Gasteiger partial charge in [-0.25, -0.2) is 0 Å². The summed E-state index contributed by atoms with van der Waals surface area (Å²) in [4.78, 5) is 10.1. The number of carbonyl (C=O) groups excluding carboxylic acids is 1. The maximum absolute atomic E-state index is 10.1. The first kappa shape index (κ1) is 9.17. The van der Waals surface area contributed by atoms with E-state index in [0.29, 0.717) is 6.61 Å². The maximum Gasteiger partial charge on any atom is 0.243 e. The van der Waals surface area contributed by atoms with Gasteiger partial charge >= 0.3 is 0 Å². The zero-order valence-electron chi connectivity index (χ0n) is 6.01. The number of hydrogen-bond acceptors (Lipinski definition) is 2. The lowest BCUT2D eigenvalue weighted by atomic mass is 10.3. The van der Waals surface area contributed by atoms with Crippen LogP contribution in [0.4, 0.5) is 0 Å². The van der Waals surface area contributed by atoms with Crippen LogP contribution in [-0.4, -0.2) is 19.1 Å². The van der Waals surface area contributed by atoms with Crippen molar-refractivity contribution in [3.05, 3.63) is 12.7 Å². The highest BCUT2D eigenvalue weighted by molar-refractivity contribution is 5.74. The minimum absolute atomic E-state index is 0.0249. The topological polar surface area (TPSA) is 52.3 Å². The second kappa shape index (κ2) is 6.29. The van der Waals surface area contributed by atoms with Gasteiger partial charge in [0.1, 0.15) is 6.61 Å². The van der Waals surface area contributed by atoms with Gasteiger partial charge in [0.25, 0.3) is 0 Å². The number of carbonyl (C=O) groups is 1. The molecule has 0 aromatic carbocycles. The van der Waals surface area contributed by atoms with Crippen molar-refractivity contribution in [1.82, 2.24) is 0 Å². The fourth-order valence-electron chi connectivity index (χ4n) is 0.502. The number of nitrogens with two attached hydrogens (primary N) is 1. The molecule has 0 heterocycles. The summed E-state index contributed by atoms with van der Waals surface area (Å²) < 4.78 is 4.87. The number of allylic oxidation sites excluding steroid dienone is 1. The second-order valence-electron chi connectivity index (χ2n) is 1.95. The minimum atomic E-state index is -0.418. The van der Waals surface area contributed by atoms with Gasteiger partial charge in [0.15, 0.2) is 0 Å². The smallest absolute Gasteiger partial charge is 0.243 e. The van der Waals surface area contributed by atoms with Crippen LogP contribution in [0, 0.1) is 0 Å². The number of unbranched alkanes of at least 4 members (excludes halogenated alkanes) is 1. The SMILES string of the molecule is C=CCCCOCC(N)=O. The molecule has 0 atom stereocenters. The zero-order valence-corrected chi connectivity index (χ0v) is 6.01. The van der Waals surface area contributed by atoms with Gasteiger partial charge < -0.3 is 10.5 Å². The van der Waals surface area contributed by atoms with E-state index in [1.807, 2.05) is 6.08 Å². The van der Waals surface area contributed by atoms with E-state index < -0.39 is 5.91 Å². The molecule has 0 aliphatic carbocycles. The fourth-order valence-corrected chi connectivity index (χ4v) is 0.502. The van der Waals surface area contributed by atoms with Gasteiger partial charge in [0.05, 0.1) is 0 Å². The van der Waals surface area contributed by atoms with Crippen molar-refractivity contribution in [2.75, 3.05) is 13.2 Å². The highest BCUT2D eigenvalue weighted by Crippen LogP contribution is 1.89. The molecule has 0 aromatic heterocycles. The van der Waals surface area contributed by atoms with E-state index in [1.54, 1.807) is 0 Å². The molecular weight excluding hydrogens is 130 g/mol. The molecule has 0 bridgehead atoms. The third-order valence-corrected chi connectivity index (χ3v) is 0.941. The Morgan fingerprint density at radius 1 is 1.70 bits per heavy atom. The van der Waals surface area contributed by atoms with E-state index in [2.05, 4.69) is 6.58 Å². The predicted molar refractivity (Wildman–Crippen MR) is 39.4 cm³/mol. The minimum Gasteiger partial charge on any atom is -0.372 e. The van der Waals surface area contributed by atoms with Crippen molar-refractivity contribution in [2.45, 2.75) is 12.8 Å². The summed E-state index contributed by atoms with van der Waals surface area (Å²) >= 11 is 0. The Hall–Kier alpha value is -0.830. The summed E-state index contributed by atoms with van der Waals surface area (Å²) in [5.41, 5.74) is 4.82. The highest BCUT2D eigenvalue weighted by atomic mass is 16.5. The third kappa shape index (κ3) is 7.17. The average Bonchev–Trinajstić information content (AvgIpc) is 1.87. The maximum atomic E-state index is 10.1. The first-order valence-corrected chi connectivity index (χ1v) is 3.24. The molecule has 0 radical (unpaired) electrons. The Kier molecular flexibility index (Phi) is 5.77. The monoisotopic (exact) mass is 143 g/mol. The van der Waals surface area contributed by atoms with Gasteiger partial charge in [0.2, 0.25) is 5.91 Å². The fraction of sp³-hybridized carbons (Fsp3) is 0.571. The lowest BCUT2D eigenvalue weighted by molar-refractivity contribution is -0.122. The molecule has 3 nitrogen and oxygen atoms in total. The van der Waals surface area contributed by atoms with Crippen LogP contribution in [0.3, 0.4) is 0 Å². The van der Waals surface area contributed by atoms with E-state index in [-0.39, 0.29) is 6.61 Å². The van der Waals surface area contributed by atoms with Crippen LogP contribution in [0.25, 0.3) is 0 Å². The summed E-state index contributed by atoms with van der Waals surface area (Å²) in [5, 5.41) is 0. The lowest BCUT2D eigenvalue weighted by Crippen LogP contribution is -2.18. The predicted octanol–water partition coefficient (Wildman–Crippen LogP) is 0.455. The standard InChI is InChI=1S/C7H13NO2/c1-2-3-4-5-10-6-7(8)9/h2H,1,3-6H2,(H2,8,9). The molecule has 0 aliphatic heterocycles. The van der Waals surface area contributed by atoms with Gasteiger partial charge in [-0.3, -0.25) is 4.79 Å². The molecular formula is C7H13NO2. The van der Waals surface area contributed by atoms with Gasteiger partial charge in [-0.05, 0) is 12.8 Å². The molecule has 0 aliphatic rings. The Morgan fingerprint density at radius 3 is 2.90 bits per heavy atom. The highest BCUT2D eigenvalue weighted by Gasteiger charge is 1.91. The zero-order chi connectivity index (χ0) is 7.82. The van der Waals surface area contributed by atoms with E-state index >= 15 is 0 Å². The summed E-state index contributed by atoms with van der Waals surface area (Å²) in [7, 11) is 0. The second-order valence-corrected chi connectivity index (χ2v) is 1.95. The van der Waals surface area contributed by atoms with E-state index in [4.69, 9.17) is 10.5 Å². The van der Waals surface area contributed by atoms with Crippen molar-refractivity contribution in [2.24, 2.45) is 5.73 Å². The molecule has 0 rings (SSSR count). The van der Waals surface area contributed by atoms with Crippen LogP contribution >= 0.6 is 0 Å². The van der Waals surface area contributed by atoms with Crippen molar-refractivity contribution in [3.63, 3.8) is 0 Å². The third-order valence-electron chi connectivity index (χ3n) is 0.941.